The molecule has 33 heavy (non-hydrogen) atoms. The number of halogens is 1. The molecule has 2 aromatic carbocycles. The third-order valence-corrected chi connectivity index (χ3v) is 6.66. The fraction of sp³-hybridized carbons (Fsp3) is 0.200. The second-order valence-corrected chi connectivity index (χ2v) is 9.22. The van der Waals surface area contributed by atoms with Gasteiger partial charge in [0.1, 0.15) is 0 Å². The number of carbonyl (C=O) groups excluding carboxylic acids is 1. The summed E-state index contributed by atoms with van der Waals surface area (Å²) in [4.78, 5) is 16.9. The van der Waals surface area contributed by atoms with Gasteiger partial charge >= 0.3 is 0 Å². The summed E-state index contributed by atoms with van der Waals surface area (Å²) in [5, 5.41) is 13.1. The van der Waals surface area contributed by atoms with E-state index >= 15 is 0 Å². The monoisotopic (exact) mass is 477 g/mol. The maximum atomic E-state index is 12.8. The van der Waals surface area contributed by atoms with Gasteiger partial charge in [0.05, 0.1) is 11.4 Å². The van der Waals surface area contributed by atoms with Gasteiger partial charge in [-0.2, -0.15) is 0 Å². The van der Waals surface area contributed by atoms with Gasteiger partial charge in [0, 0.05) is 28.7 Å². The maximum absolute atomic E-state index is 12.8. The Bertz CT molecular complexity index is 1300. The molecule has 6 nitrogen and oxygen atoms in total. The van der Waals surface area contributed by atoms with Gasteiger partial charge in [-0.05, 0) is 68.7 Å². The van der Waals surface area contributed by atoms with Crippen molar-refractivity contribution in [2.45, 2.75) is 32.9 Å². The highest BCUT2D eigenvalue weighted by Gasteiger charge is 2.19. The normalized spacial score (nSPS) is 10.9. The van der Waals surface area contributed by atoms with E-state index in [-0.39, 0.29) is 11.7 Å². The van der Waals surface area contributed by atoms with E-state index in [1.807, 2.05) is 62.6 Å². The predicted octanol–water partition coefficient (Wildman–Crippen LogP) is 5.95. The molecule has 1 amide bonds. The zero-order valence-electron chi connectivity index (χ0n) is 18.9. The molecule has 168 valence electrons. The highest BCUT2D eigenvalue weighted by molar-refractivity contribution is 7.99. The summed E-state index contributed by atoms with van der Waals surface area (Å²) in [5.41, 5.74) is 6.77. The van der Waals surface area contributed by atoms with E-state index in [2.05, 4.69) is 32.6 Å². The number of pyridine rings is 1. The Morgan fingerprint density at radius 3 is 2.42 bits per heavy atom. The van der Waals surface area contributed by atoms with E-state index in [1.165, 1.54) is 17.3 Å². The Morgan fingerprint density at radius 2 is 1.73 bits per heavy atom. The Morgan fingerprint density at radius 1 is 1.03 bits per heavy atom. The van der Waals surface area contributed by atoms with Crippen LogP contribution in [0.1, 0.15) is 22.3 Å². The Hall–Kier alpha value is -3.16. The molecule has 0 aliphatic carbocycles. The van der Waals surface area contributed by atoms with Crippen LogP contribution in [0, 0.1) is 27.7 Å². The van der Waals surface area contributed by atoms with Gasteiger partial charge in [-0.25, -0.2) is 0 Å². The molecule has 0 bridgehead atoms. The second kappa shape index (κ2) is 9.77. The van der Waals surface area contributed by atoms with E-state index in [4.69, 9.17) is 11.6 Å². The van der Waals surface area contributed by atoms with Crippen LogP contribution in [0.3, 0.4) is 0 Å². The summed E-state index contributed by atoms with van der Waals surface area (Å²) in [6.07, 6.45) is 3.43. The van der Waals surface area contributed by atoms with E-state index in [9.17, 15) is 4.79 Å². The van der Waals surface area contributed by atoms with Crippen LogP contribution in [0.5, 0.6) is 0 Å². The van der Waals surface area contributed by atoms with E-state index in [0.717, 1.165) is 33.6 Å². The van der Waals surface area contributed by atoms with Crippen LogP contribution < -0.4 is 5.32 Å². The first-order chi connectivity index (χ1) is 15.8. The second-order valence-electron chi connectivity index (χ2n) is 7.87. The van der Waals surface area contributed by atoms with Crippen molar-refractivity contribution in [1.29, 1.82) is 0 Å². The summed E-state index contributed by atoms with van der Waals surface area (Å²) in [6, 6.07) is 13.6. The maximum Gasteiger partial charge on any atom is 0.234 e. The van der Waals surface area contributed by atoms with Crippen LogP contribution in [-0.2, 0) is 4.79 Å². The number of nitrogens with one attached hydrogen (secondary N) is 1. The van der Waals surface area contributed by atoms with Gasteiger partial charge in [-0.15, -0.1) is 10.2 Å². The number of benzene rings is 2. The van der Waals surface area contributed by atoms with Crippen molar-refractivity contribution < 1.29 is 4.79 Å². The lowest BCUT2D eigenvalue weighted by Gasteiger charge is -2.14. The minimum atomic E-state index is -0.0992. The molecule has 0 radical (unpaired) electrons. The van der Waals surface area contributed by atoms with Crippen LogP contribution in [0.2, 0.25) is 5.02 Å². The predicted molar refractivity (Wildman–Crippen MR) is 134 cm³/mol. The zero-order chi connectivity index (χ0) is 23.5. The average molecular weight is 478 g/mol. The lowest BCUT2D eigenvalue weighted by Crippen LogP contribution is -2.16. The lowest BCUT2D eigenvalue weighted by molar-refractivity contribution is -0.113. The van der Waals surface area contributed by atoms with E-state index in [1.54, 1.807) is 12.4 Å². The molecular weight excluding hydrogens is 454 g/mol. The van der Waals surface area contributed by atoms with Crippen molar-refractivity contribution >= 4 is 35.0 Å². The van der Waals surface area contributed by atoms with Crippen LogP contribution >= 0.6 is 23.4 Å². The molecule has 4 rings (SSSR count). The van der Waals surface area contributed by atoms with Crippen molar-refractivity contribution in [1.82, 2.24) is 19.7 Å². The molecule has 2 heterocycles. The lowest BCUT2D eigenvalue weighted by atomic mass is 10.1. The summed E-state index contributed by atoms with van der Waals surface area (Å²) in [7, 11) is 0. The van der Waals surface area contributed by atoms with Gasteiger partial charge in [-0.1, -0.05) is 47.1 Å². The van der Waals surface area contributed by atoms with Gasteiger partial charge in [0.2, 0.25) is 5.91 Å². The first-order valence-electron chi connectivity index (χ1n) is 10.5. The average Bonchev–Trinajstić information content (AvgIpc) is 3.21. The molecule has 0 aliphatic rings. The quantitative estimate of drug-likeness (QED) is 0.347. The molecule has 0 aliphatic heterocycles. The molecule has 2 aromatic heterocycles. The molecule has 0 saturated carbocycles. The smallest absolute Gasteiger partial charge is 0.234 e. The molecule has 0 unspecified atom stereocenters. The molecule has 0 spiro atoms. The number of aromatic nitrogens is 4. The third kappa shape index (κ3) is 4.94. The number of carbonyl (C=O) groups is 1. The van der Waals surface area contributed by atoms with E-state index < -0.39 is 0 Å². The number of anilines is 1. The van der Waals surface area contributed by atoms with Crippen molar-refractivity contribution in [3.8, 4) is 17.1 Å². The first kappa shape index (κ1) is 23.0. The summed E-state index contributed by atoms with van der Waals surface area (Å²) >= 11 is 7.74. The highest BCUT2D eigenvalue weighted by atomic mass is 35.5. The largest absolute Gasteiger partial charge is 0.325 e. The molecule has 0 atom stereocenters. The highest BCUT2D eigenvalue weighted by Crippen LogP contribution is 2.31. The molecular formula is C25H24ClN5OS. The molecule has 1 N–H and O–H groups in total. The number of hydrogen-bond acceptors (Lipinski definition) is 5. The van der Waals surface area contributed by atoms with Crippen molar-refractivity contribution in [2.24, 2.45) is 0 Å². The number of amides is 1. The van der Waals surface area contributed by atoms with Crippen molar-refractivity contribution in [2.75, 3.05) is 11.1 Å². The summed E-state index contributed by atoms with van der Waals surface area (Å²) < 4.78 is 1.94. The van der Waals surface area contributed by atoms with Crippen LogP contribution in [-0.4, -0.2) is 31.4 Å². The fourth-order valence-corrected chi connectivity index (χ4v) is 4.70. The van der Waals surface area contributed by atoms with Gasteiger partial charge in [-0.3, -0.25) is 14.3 Å². The molecule has 8 heteroatoms. The van der Waals surface area contributed by atoms with Gasteiger partial charge < -0.3 is 5.32 Å². The number of rotatable bonds is 6. The topological polar surface area (TPSA) is 72.7 Å². The number of thioether (sulfide) groups is 1. The Labute approximate surface area is 202 Å². The Balaban J connectivity index is 1.64. The minimum Gasteiger partial charge on any atom is -0.325 e. The van der Waals surface area contributed by atoms with Crippen molar-refractivity contribution in [3.63, 3.8) is 0 Å². The standard InChI is InChI=1S/C25H24ClN5OS/c1-15-12-16(2)23(17(3)13-15)28-22(32)14-33-25-30-29-24(19-8-10-27-11-9-19)31(25)21-7-5-6-20(26)18(21)4/h5-13H,14H2,1-4H3,(H,28,32). The van der Waals surface area contributed by atoms with Crippen molar-refractivity contribution in [3.05, 3.63) is 82.1 Å². The van der Waals surface area contributed by atoms with Crippen LogP contribution in [0.25, 0.3) is 17.1 Å². The SMILES string of the molecule is Cc1cc(C)c(NC(=O)CSc2nnc(-c3ccncc3)n2-c2cccc(Cl)c2C)c(C)c1. The van der Waals surface area contributed by atoms with E-state index in [0.29, 0.717) is 16.0 Å². The van der Waals surface area contributed by atoms with Gasteiger partial charge in [0.15, 0.2) is 11.0 Å². The first-order valence-corrected chi connectivity index (χ1v) is 11.8. The number of nitrogens with zero attached hydrogens (tertiary/aromatic N) is 4. The van der Waals surface area contributed by atoms with Crippen LogP contribution in [0.15, 0.2) is 60.0 Å². The number of aryl methyl sites for hydroxylation is 3. The number of hydrogen-bond donors (Lipinski definition) is 1. The summed E-state index contributed by atoms with van der Waals surface area (Å²) in [5.74, 6) is 0.759. The Kier molecular flexibility index (Phi) is 6.81. The van der Waals surface area contributed by atoms with Crippen LogP contribution in [0.4, 0.5) is 5.69 Å². The molecule has 0 fully saturated rings. The molecule has 0 saturated heterocycles. The summed E-state index contributed by atoms with van der Waals surface area (Å²) in [6.45, 7) is 8.01. The molecule has 4 aromatic rings. The van der Waals surface area contributed by atoms with Gasteiger partial charge in [0.25, 0.3) is 0 Å². The fourth-order valence-electron chi connectivity index (χ4n) is 3.79. The zero-order valence-corrected chi connectivity index (χ0v) is 20.5. The third-order valence-electron chi connectivity index (χ3n) is 5.33. The minimum absolute atomic E-state index is 0.0992.